The monoisotopic (exact) mass is 388 g/mol. The van der Waals surface area contributed by atoms with Gasteiger partial charge in [0.2, 0.25) is 0 Å². The van der Waals surface area contributed by atoms with E-state index in [-0.39, 0.29) is 22.8 Å². The highest BCUT2D eigenvalue weighted by Crippen LogP contribution is 2.23. The van der Waals surface area contributed by atoms with Gasteiger partial charge < -0.3 is 10.1 Å². The van der Waals surface area contributed by atoms with Crippen LogP contribution >= 0.6 is 0 Å². The summed E-state index contributed by atoms with van der Waals surface area (Å²) >= 11 is 0. The molecule has 2 aromatic rings. The Labute approximate surface area is 162 Å². The number of halogens is 1. The molecule has 1 aromatic carbocycles. The normalized spacial score (nSPS) is 9.43. The Balaban J connectivity index is 0.00000190. The molecule has 0 aliphatic carbocycles. The molecule has 2 N–H and O–H groups in total. The number of anilines is 2. The lowest BCUT2D eigenvalue weighted by molar-refractivity contribution is -0.147. The van der Waals surface area contributed by atoms with Crippen molar-refractivity contribution in [3.63, 3.8) is 0 Å². The summed E-state index contributed by atoms with van der Waals surface area (Å²) in [4.78, 5) is 31.9. The molecule has 0 fully saturated rings. The molecule has 2 rings (SSSR count). The number of pyridine rings is 1. The Morgan fingerprint density at radius 2 is 1.96 bits per heavy atom. The summed E-state index contributed by atoms with van der Waals surface area (Å²) in [6, 6.07) is 8.98. The molecule has 0 atom stereocenters. The molecule has 8 nitrogen and oxygen atoms in total. The number of hydrogen-bond donors (Lipinski definition) is 2. The second kappa shape index (κ2) is 11.3. The molecule has 0 radical (unpaired) electrons. The summed E-state index contributed by atoms with van der Waals surface area (Å²) in [7, 11) is 1.18. The number of aromatic nitrogens is 1. The number of carbonyl (C=O) groups is 2. The van der Waals surface area contributed by atoms with Crippen LogP contribution in [0, 0.1) is 24.1 Å². The van der Waals surface area contributed by atoms with Crippen LogP contribution in [0.3, 0.4) is 0 Å². The van der Waals surface area contributed by atoms with Crippen molar-refractivity contribution in [2.75, 3.05) is 19.0 Å². The number of hydroxylamine groups is 1. The summed E-state index contributed by atoms with van der Waals surface area (Å²) in [5.41, 5.74) is 2.89. The predicted octanol–water partition coefficient (Wildman–Crippen LogP) is 3.01. The van der Waals surface area contributed by atoms with Gasteiger partial charge in [0.05, 0.1) is 18.4 Å². The molecule has 0 spiro atoms. The number of carbonyl (C=O) groups excluding carboxylic acids is 2. The van der Waals surface area contributed by atoms with Crippen LogP contribution in [-0.4, -0.2) is 30.6 Å². The lowest BCUT2D eigenvalue weighted by Gasteiger charge is -2.12. The standard InChI is InChI=1S/C17H15FN4O4.C2H6/c1-10-3-6-14(13(18)7-10)21-16-12(5-4-11(8-19)20-16)17(24)22-26-9-15(23)25-2;1-2/h3-7H,9H2,1-2H3,(H,20,21)(H,22,24);1-2H3. The molecular weight excluding hydrogens is 367 g/mol. The third-order valence-corrected chi connectivity index (χ3v) is 3.21. The van der Waals surface area contributed by atoms with Crippen LogP contribution in [0.2, 0.25) is 0 Å². The molecule has 9 heteroatoms. The first kappa shape index (κ1) is 22.5. The lowest BCUT2D eigenvalue weighted by Crippen LogP contribution is -2.28. The van der Waals surface area contributed by atoms with E-state index >= 15 is 0 Å². The number of rotatable bonds is 6. The summed E-state index contributed by atoms with van der Waals surface area (Å²) in [5, 5.41) is 11.7. The molecule has 0 aliphatic heterocycles. The van der Waals surface area contributed by atoms with Crippen molar-refractivity contribution < 1.29 is 23.6 Å². The Bertz CT molecular complexity index is 881. The van der Waals surface area contributed by atoms with Crippen molar-refractivity contribution in [1.29, 1.82) is 5.26 Å². The molecule has 1 amide bonds. The van der Waals surface area contributed by atoms with Gasteiger partial charge in [0.1, 0.15) is 23.4 Å². The van der Waals surface area contributed by atoms with Gasteiger partial charge in [-0.25, -0.2) is 19.6 Å². The minimum Gasteiger partial charge on any atom is -0.467 e. The van der Waals surface area contributed by atoms with Crippen molar-refractivity contribution in [2.24, 2.45) is 0 Å². The fraction of sp³-hybridized carbons (Fsp3) is 0.263. The van der Waals surface area contributed by atoms with Gasteiger partial charge in [-0.05, 0) is 36.8 Å². The smallest absolute Gasteiger partial charge is 0.334 e. The molecule has 0 saturated carbocycles. The van der Waals surface area contributed by atoms with E-state index in [0.717, 1.165) is 5.56 Å². The summed E-state index contributed by atoms with van der Waals surface area (Å²) in [6.45, 7) is 5.25. The predicted molar refractivity (Wildman–Crippen MR) is 100 cm³/mol. The zero-order chi connectivity index (χ0) is 21.1. The number of methoxy groups -OCH3 is 1. The largest absolute Gasteiger partial charge is 0.467 e. The molecule has 0 aliphatic rings. The maximum atomic E-state index is 14.0. The number of aryl methyl sites for hydroxylation is 1. The molecule has 28 heavy (non-hydrogen) atoms. The van der Waals surface area contributed by atoms with E-state index in [1.165, 1.54) is 31.4 Å². The van der Waals surface area contributed by atoms with Crippen LogP contribution < -0.4 is 10.8 Å². The van der Waals surface area contributed by atoms with Crippen LogP contribution in [0.4, 0.5) is 15.9 Å². The van der Waals surface area contributed by atoms with Crippen molar-refractivity contribution >= 4 is 23.4 Å². The highest BCUT2D eigenvalue weighted by atomic mass is 19.1. The number of esters is 1. The van der Waals surface area contributed by atoms with Crippen LogP contribution in [0.25, 0.3) is 0 Å². The Morgan fingerprint density at radius 3 is 2.57 bits per heavy atom. The van der Waals surface area contributed by atoms with Gasteiger partial charge in [0.15, 0.2) is 6.61 Å². The van der Waals surface area contributed by atoms with Gasteiger partial charge in [-0.1, -0.05) is 19.9 Å². The Morgan fingerprint density at radius 1 is 1.25 bits per heavy atom. The maximum absolute atomic E-state index is 14.0. The van der Waals surface area contributed by atoms with Crippen molar-refractivity contribution in [1.82, 2.24) is 10.5 Å². The quantitative estimate of drug-likeness (QED) is 0.578. The molecule has 148 valence electrons. The zero-order valence-corrected chi connectivity index (χ0v) is 16.0. The van der Waals surface area contributed by atoms with Gasteiger partial charge in [0.25, 0.3) is 5.91 Å². The Kier molecular flexibility index (Phi) is 9.06. The first-order valence-corrected chi connectivity index (χ1v) is 8.38. The van der Waals surface area contributed by atoms with Crippen molar-refractivity contribution in [3.05, 3.63) is 53.0 Å². The summed E-state index contributed by atoms with van der Waals surface area (Å²) in [6.07, 6.45) is 0. The van der Waals surface area contributed by atoms with Gasteiger partial charge in [-0.2, -0.15) is 5.26 Å². The third-order valence-electron chi connectivity index (χ3n) is 3.21. The van der Waals surface area contributed by atoms with Gasteiger partial charge in [0, 0.05) is 0 Å². The molecule has 1 aromatic heterocycles. The number of ether oxygens (including phenoxy) is 1. The Hall–Kier alpha value is -3.51. The van der Waals surface area contributed by atoms with Crippen LogP contribution in [-0.2, 0) is 14.4 Å². The highest BCUT2D eigenvalue weighted by Gasteiger charge is 2.16. The number of hydrogen-bond acceptors (Lipinski definition) is 7. The highest BCUT2D eigenvalue weighted by molar-refractivity contribution is 5.99. The van der Waals surface area contributed by atoms with Crippen LogP contribution in [0.1, 0.15) is 35.5 Å². The summed E-state index contributed by atoms with van der Waals surface area (Å²) < 4.78 is 18.4. The first-order valence-electron chi connectivity index (χ1n) is 8.38. The number of benzene rings is 1. The van der Waals surface area contributed by atoms with E-state index in [0.29, 0.717) is 0 Å². The van der Waals surface area contributed by atoms with E-state index < -0.39 is 24.3 Å². The van der Waals surface area contributed by atoms with Crippen molar-refractivity contribution in [2.45, 2.75) is 20.8 Å². The lowest BCUT2D eigenvalue weighted by atomic mass is 10.2. The molecule has 1 heterocycles. The topological polar surface area (TPSA) is 113 Å². The molecular formula is C19H21FN4O4. The van der Waals surface area contributed by atoms with Crippen LogP contribution in [0.5, 0.6) is 0 Å². The average molecular weight is 388 g/mol. The fourth-order valence-electron chi connectivity index (χ4n) is 1.92. The first-order chi connectivity index (χ1) is 13.4. The van der Waals surface area contributed by atoms with Gasteiger partial charge in [-0.15, -0.1) is 0 Å². The molecule has 0 unspecified atom stereocenters. The van der Waals surface area contributed by atoms with E-state index in [4.69, 9.17) is 10.1 Å². The number of amides is 1. The van der Waals surface area contributed by atoms with E-state index in [1.807, 2.05) is 19.9 Å². The van der Waals surface area contributed by atoms with E-state index in [9.17, 15) is 14.0 Å². The minimum atomic E-state index is -0.735. The second-order valence-electron chi connectivity index (χ2n) is 5.11. The maximum Gasteiger partial charge on any atom is 0.334 e. The third kappa shape index (κ3) is 6.34. The number of nitrogens with one attached hydrogen (secondary N) is 2. The van der Waals surface area contributed by atoms with Crippen molar-refractivity contribution in [3.8, 4) is 6.07 Å². The molecule has 0 bridgehead atoms. The van der Waals surface area contributed by atoms with Gasteiger partial charge in [-0.3, -0.25) is 9.63 Å². The summed E-state index contributed by atoms with van der Waals surface area (Å²) in [5.74, 6) is -1.99. The van der Waals surface area contributed by atoms with E-state index in [2.05, 4.69) is 20.5 Å². The minimum absolute atomic E-state index is 0.00570. The molecule has 0 saturated heterocycles. The van der Waals surface area contributed by atoms with Crippen LogP contribution in [0.15, 0.2) is 30.3 Å². The van der Waals surface area contributed by atoms with Gasteiger partial charge >= 0.3 is 5.97 Å². The number of nitriles is 1. The van der Waals surface area contributed by atoms with E-state index in [1.54, 1.807) is 13.0 Å². The average Bonchev–Trinajstić information content (AvgIpc) is 2.71. The SMILES string of the molecule is CC.COC(=O)CONC(=O)c1ccc(C#N)nc1Nc1ccc(C)cc1F. The number of nitrogens with zero attached hydrogens (tertiary/aromatic N) is 2. The second-order valence-corrected chi connectivity index (χ2v) is 5.11. The zero-order valence-electron chi connectivity index (χ0n) is 16.0. The fourth-order valence-corrected chi connectivity index (χ4v) is 1.92.